The third-order valence-electron chi connectivity index (χ3n) is 2.95. The first-order valence-corrected chi connectivity index (χ1v) is 5.54. The van der Waals surface area contributed by atoms with Crippen LogP contribution in [0.5, 0.6) is 0 Å². The summed E-state index contributed by atoms with van der Waals surface area (Å²) in [5.41, 5.74) is 0. The van der Waals surface area contributed by atoms with Crippen LogP contribution in [-0.2, 0) is 4.79 Å². The van der Waals surface area contributed by atoms with Gasteiger partial charge in [0.2, 0.25) is 5.91 Å². The van der Waals surface area contributed by atoms with Crippen LogP contribution in [0.2, 0.25) is 0 Å². The van der Waals surface area contributed by atoms with Gasteiger partial charge in [-0.3, -0.25) is 4.79 Å². The molecule has 16 heavy (non-hydrogen) atoms. The summed E-state index contributed by atoms with van der Waals surface area (Å²) >= 11 is 0. The van der Waals surface area contributed by atoms with Gasteiger partial charge in [0.1, 0.15) is 0 Å². The van der Waals surface area contributed by atoms with Gasteiger partial charge >= 0.3 is 6.09 Å². The molecule has 0 radical (unpaired) electrons. The van der Waals surface area contributed by atoms with Crippen molar-refractivity contribution in [3.05, 3.63) is 0 Å². The minimum atomic E-state index is -1.06. The van der Waals surface area contributed by atoms with E-state index in [1.807, 2.05) is 0 Å². The summed E-state index contributed by atoms with van der Waals surface area (Å²) in [4.78, 5) is 22.0. The summed E-state index contributed by atoms with van der Waals surface area (Å²) < 4.78 is 0. The zero-order valence-corrected chi connectivity index (χ0v) is 9.45. The van der Waals surface area contributed by atoms with E-state index in [-0.39, 0.29) is 24.3 Å². The fourth-order valence-corrected chi connectivity index (χ4v) is 2.04. The van der Waals surface area contributed by atoms with E-state index in [2.05, 4.69) is 16.0 Å². The SMILES string of the molecule is CNC(=O)CC(NC(=O)O)C1CCNCC1. The highest BCUT2D eigenvalue weighted by Gasteiger charge is 2.26. The first kappa shape index (κ1) is 12.8. The summed E-state index contributed by atoms with van der Waals surface area (Å²) in [5, 5.41) is 16.9. The maximum Gasteiger partial charge on any atom is 0.404 e. The van der Waals surface area contributed by atoms with Gasteiger partial charge in [0.05, 0.1) is 0 Å². The van der Waals surface area contributed by atoms with E-state index in [0.29, 0.717) is 0 Å². The second-order valence-corrected chi connectivity index (χ2v) is 4.02. The summed E-state index contributed by atoms with van der Waals surface area (Å²) in [6.07, 6.45) is 0.963. The molecule has 1 unspecified atom stereocenters. The summed E-state index contributed by atoms with van der Waals surface area (Å²) in [7, 11) is 1.56. The van der Waals surface area contributed by atoms with Crippen molar-refractivity contribution in [3.63, 3.8) is 0 Å². The van der Waals surface area contributed by atoms with Gasteiger partial charge < -0.3 is 21.1 Å². The van der Waals surface area contributed by atoms with E-state index >= 15 is 0 Å². The molecule has 1 heterocycles. The molecule has 1 aliphatic rings. The van der Waals surface area contributed by atoms with Crippen molar-refractivity contribution in [1.29, 1.82) is 0 Å². The Labute approximate surface area is 94.8 Å². The van der Waals surface area contributed by atoms with E-state index in [1.54, 1.807) is 7.05 Å². The largest absolute Gasteiger partial charge is 0.465 e. The Bertz CT molecular complexity index is 252. The maximum absolute atomic E-state index is 11.3. The van der Waals surface area contributed by atoms with Gasteiger partial charge in [-0.05, 0) is 31.8 Å². The number of carbonyl (C=O) groups excluding carboxylic acids is 1. The number of carboxylic acid groups (broad SMARTS) is 1. The van der Waals surface area contributed by atoms with Crippen LogP contribution < -0.4 is 16.0 Å². The minimum Gasteiger partial charge on any atom is -0.465 e. The highest BCUT2D eigenvalue weighted by molar-refractivity contribution is 5.77. The van der Waals surface area contributed by atoms with E-state index in [1.165, 1.54) is 0 Å². The number of piperidine rings is 1. The molecule has 1 atom stereocenters. The second kappa shape index (κ2) is 6.32. The van der Waals surface area contributed by atoms with Gasteiger partial charge in [0.25, 0.3) is 0 Å². The van der Waals surface area contributed by atoms with Crippen molar-refractivity contribution in [2.75, 3.05) is 20.1 Å². The number of amides is 2. The lowest BCUT2D eigenvalue weighted by atomic mass is 9.88. The molecule has 0 aromatic carbocycles. The van der Waals surface area contributed by atoms with Crippen molar-refractivity contribution in [3.8, 4) is 0 Å². The van der Waals surface area contributed by atoms with Crippen LogP contribution in [0.25, 0.3) is 0 Å². The van der Waals surface area contributed by atoms with Crippen molar-refractivity contribution >= 4 is 12.0 Å². The Hall–Kier alpha value is -1.30. The smallest absolute Gasteiger partial charge is 0.404 e. The van der Waals surface area contributed by atoms with Crippen LogP contribution in [-0.4, -0.2) is 43.3 Å². The highest BCUT2D eigenvalue weighted by atomic mass is 16.4. The predicted molar refractivity (Wildman–Crippen MR) is 59.2 cm³/mol. The molecule has 1 aliphatic heterocycles. The van der Waals surface area contributed by atoms with Gasteiger partial charge in [-0.2, -0.15) is 0 Å². The van der Waals surface area contributed by atoms with Gasteiger partial charge in [-0.25, -0.2) is 4.79 Å². The molecule has 0 bridgehead atoms. The maximum atomic E-state index is 11.3. The van der Waals surface area contributed by atoms with Crippen LogP contribution in [0.4, 0.5) is 4.79 Å². The van der Waals surface area contributed by atoms with Gasteiger partial charge in [0, 0.05) is 19.5 Å². The standard InChI is InChI=1S/C10H19N3O3/c1-11-9(14)6-8(13-10(15)16)7-2-4-12-5-3-7/h7-8,12-13H,2-6H2,1H3,(H,11,14)(H,15,16). The highest BCUT2D eigenvalue weighted by Crippen LogP contribution is 2.18. The van der Waals surface area contributed by atoms with Crippen LogP contribution in [0.3, 0.4) is 0 Å². The number of hydrogen-bond donors (Lipinski definition) is 4. The zero-order valence-electron chi connectivity index (χ0n) is 9.45. The molecule has 6 nitrogen and oxygen atoms in total. The quantitative estimate of drug-likeness (QED) is 0.535. The number of rotatable bonds is 4. The molecular weight excluding hydrogens is 210 g/mol. The summed E-state index contributed by atoms with van der Waals surface area (Å²) in [6, 6.07) is -0.278. The Morgan fingerprint density at radius 3 is 2.56 bits per heavy atom. The van der Waals surface area contributed by atoms with Crippen LogP contribution in [0, 0.1) is 5.92 Å². The fraction of sp³-hybridized carbons (Fsp3) is 0.800. The van der Waals surface area contributed by atoms with Crippen molar-refractivity contribution in [2.45, 2.75) is 25.3 Å². The Morgan fingerprint density at radius 1 is 1.44 bits per heavy atom. The molecule has 6 heteroatoms. The minimum absolute atomic E-state index is 0.128. The molecule has 1 saturated heterocycles. The number of hydrogen-bond acceptors (Lipinski definition) is 3. The Kier molecular flexibility index (Phi) is 5.04. The van der Waals surface area contributed by atoms with E-state index in [9.17, 15) is 9.59 Å². The van der Waals surface area contributed by atoms with Gasteiger partial charge in [-0.15, -0.1) is 0 Å². The van der Waals surface area contributed by atoms with E-state index < -0.39 is 6.09 Å². The van der Waals surface area contributed by atoms with Gasteiger partial charge in [-0.1, -0.05) is 0 Å². The average Bonchev–Trinajstić information content (AvgIpc) is 2.28. The third kappa shape index (κ3) is 4.06. The van der Waals surface area contributed by atoms with Crippen LogP contribution >= 0.6 is 0 Å². The molecule has 1 rings (SSSR count). The third-order valence-corrected chi connectivity index (χ3v) is 2.95. The molecule has 92 valence electrons. The monoisotopic (exact) mass is 229 g/mol. The molecular formula is C10H19N3O3. The lowest BCUT2D eigenvalue weighted by Crippen LogP contribution is -2.46. The molecule has 0 saturated carbocycles. The van der Waals surface area contributed by atoms with E-state index in [0.717, 1.165) is 25.9 Å². The Morgan fingerprint density at radius 2 is 2.06 bits per heavy atom. The normalized spacial score (nSPS) is 18.8. The van der Waals surface area contributed by atoms with Crippen LogP contribution in [0.15, 0.2) is 0 Å². The first-order chi connectivity index (χ1) is 7.63. The molecule has 0 aliphatic carbocycles. The molecule has 0 aromatic rings. The molecule has 1 fully saturated rings. The summed E-state index contributed by atoms with van der Waals surface area (Å²) in [6.45, 7) is 1.77. The lowest BCUT2D eigenvalue weighted by Gasteiger charge is -2.30. The van der Waals surface area contributed by atoms with Crippen molar-refractivity contribution < 1.29 is 14.7 Å². The fourth-order valence-electron chi connectivity index (χ4n) is 2.04. The van der Waals surface area contributed by atoms with Gasteiger partial charge in [0.15, 0.2) is 0 Å². The van der Waals surface area contributed by atoms with Crippen molar-refractivity contribution in [1.82, 2.24) is 16.0 Å². The molecule has 0 aromatic heterocycles. The predicted octanol–water partition coefficient (Wildman–Crippen LogP) is -0.242. The lowest BCUT2D eigenvalue weighted by molar-refractivity contribution is -0.121. The molecule has 4 N–H and O–H groups in total. The molecule has 0 spiro atoms. The number of nitrogens with one attached hydrogen (secondary N) is 3. The van der Waals surface area contributed by atoms with E-state index in [4.69, 9.17) is 5.11 Å². The van der Waals surface area contributed by atoms with Crippen molar-refractivity contribution in [2.24, 2.45) is 5.92 Å². The second-order valence-electron chi connectivity index (χ2n) is 4.02. The Balaban J connectivity index is 2.53. The first-order valence-electron chi connectivity index (χ1n) is 5.54. The zero-order chi connectivity index (χ0) is 12.0. The number of carbonyl (C=O) groups is 2. The molecule has 2 amide bonds. The summed E-state index contributed by atoms with van der Waals surface area (Å²) in [5.74, 6) is 0.118. The van der Waals surface area contributed by atoms with Crippen LogP contribution in [0.1, 0.15) is 19.3 Å². The average molecular weight is 229 g/mol. The topological polar surface area (TPSA) is 90.5 Å².